The maximum Gasteiger partial charge on any atom is 0.421 e. The highest BCUT2D eigenvalue weighted by Gasteiger charge is 2.35. The van der Waals surface area contributed by atoms with Gasteiger partial charge in [-0.05, 0) is 25.6 Å². The van der Waals surface area contributed by atoms with E-state index in [1.807, 2.05) is 11.9 Å². The minimum Gasteiger partial charge on any atom is -0.475 e. The van der Waals surface area contributed by atoms with Crippen molar-refractivity contribution in [2.24, 2.45) is 0 Å². The van der Waals surface area contributed by atoms with Crippen LogP contribution in [-0.4, -0.2) is 61.8 Å². The van der Waals surface area contributed by atoms with Gasteiger partial charge >= 0.3 is 6.18 Å². The third-order valence-electron chi connectivity index (χ3n) is 3.86. The maximum atomic E-state index is 12.8. The zero-order valence-corrected chi connectivity index (χ0v) is 13.5. The fourth-order valence-corrected chi connectivity index (χ4v) is 2.59. The molecule has 1 fully saturated rings. The van der Waals surface area contributed by atoms with Crippen LogP contribution in [0.1, 0.15) is 12.0 Å². The van der Waals surface area contributed by atoms with Crippen LogP contribution in [0.5, 0.6) is 5.88 Å². The van der Waals surface area contributed by atoms with Gasteiger partial charge in [-0.2, -0.15) is 13.2 Å². The Kier molecular flexibility index (Phi) is 6.00. The summed E-state index contributed by atoms with van der Waals surface area (Å²) in [6.45, 7) is 0.651. The number of amides is 1. The second-order valence-corrected chi connectivity index (χ2v) is 5.54. The Labute approximate surface area is 137 Å². The Hall–Kier alpha value is -1.87. The van der Waals surface area contributed by atoms with Gasteiger partial charge in [-0.1, -0.05) is 0 Å². The number of likely N-dealkylation sites (N-methyl/N-ethyl adjacent to an activating group) is 1. The molecule has 2 rings (SSSR count). The van der Waals surface area contributed by atoms with Crippen molar-refractivity contribution in [2.45, 2.75) is 24.7 Å². The van der Waals surface area contributed by atoms with Crippen LogP contribution >= 0.6 is 0 Å². The number of hydrogen-bond donors (Lipinski definition) is 1. The SMILES string of the molecule is CO[C@H]1C[C@@H](C(=O)NCCOc2ncccc2C(F)(F)F)N(C)C1. The quantitative estimate of drug-likeness (QED) is 0.787. The first-order valence-corrected chi connectivity index (χ1v) is 7.48. The molecule has 1 aromatic heterocycles. The smallest absolute Gasteiger partial charge is 0.421 e. The molecule has 0 unspecified atom stereocenters. The van der Waals surface area contributed by atoms with Gasteiger partial charge in [0.05, 0.1) is 18.7 Å². The minimum atomic E-state index is -4.53. The van der Waals surface area contributed by atoms with E-state index < -0.39 is 17.6 Å². The molecule has 24 heavy (non-hydrogen) atoms. The van der Waals surface area contributed by atoms with Crippen LogP contribution in [0.4, 0.5) is 13.2 Å². The van der Waals surface area contributed by atoms with E-state index in [-0.39, 0.29) is 31.2 Å². The summed E-state index contributed by atoms with van der Waals surface area (Å²) < 4.78 is 48.7. The summed E-state index contributed by atoms with van der Waals surface area (Å²) in [7, 11) is 3.42. The lowest BCUT2D eigenvalue weighted by molar-refractivity contribution is -0.139. The van der Waals surface area contributed by atoms with Gasteiger partial charge in [0.15, 0.2) is 0 Å². The van der Waals surface area contributed by atoms with Crippen molar-refractivity contribution < 1.29 is 27.4 Å². The topological polar surface area (TPSA) is 63.7 Å². The number of nitrogens with zero attached hydrogens (tertiary/aromatic N) is 2. The molecule has 0 spiro atoms. The Balaban J connectivity index is 1.81. The summed E-state index contributed by atoms with van der Waals surface area (Å²) in [5.41, 5.74) is -0.935. The molecule has 0 bridgehead atoms. The van der Waals surface area contributed by atoms with Crippen LogP contribution in [0.15, 0.2) is 18.3 Å². The molecule has 1 amide bonds. The summed E-state index contributed by atoms with van der Waals surface area (Å²) in [6.07, 6.45) is -2.72. The standard InChI is InChI=1S/C15H20F3N3O3/c1-21-9-10(23-2)8-12(21)13(22)19-6-7-24-14-11(15(16,17)18)4-3-5-20-14/h3-5,10,12H,6-9H2,1-2H3,(H,19,22)/t10-,12-/m0/s1. The third kappa shape index (κ3) is 4.57. The Bertz CT molecular complexity index is 568. The van der Waals surface area contributed by atoms with Crippen LogP contribution in [0.25, 0.3) is 0 Å². The number of pyridine rings is 1. The molecule has 9 heteroatoms. The van der Waals surface area contributed by atoms with Gasteiger partial charge < -0.3 is 14.8 Å². The lowest BCUT2D eigenvalue weighted by Crippen LogP contribution is -2.42. The molecule has 1 aromatic rings. The number of aromatic nitrogens is 1. The van der Waals surface area contributed by atoms with E-state index >= 15 is 0 Å². The number of halogens is 3. The van der Waals surface area contributed by atoms with Crippen LogP contribution in [0, 0.1) is 0 Å². The summed E-state index contributed by atoms with van der Waals surface area (Å²) in [5.74, 6) is -0.686. The second-order valence-electron chi connectivity index (χ2n) is 5.54. The Morgan fingerprint density at radius 3 is 2.88 bits per heavy atom. The molecule has 1 aliphatic heterocycles. The largest absolute Gasteiger partial charge is 0.475 e. The fourth-order valence-electron chi connectivity index (χ4n) is 2.59. The van der Waals surface area contributed by atoms with E-state index in [2.05, 4.69) is 10.3 Å². The lowest BCUT2D eigenvalue weighted by atomic mass is 10.2. The first kappa shape index (κ1) is 18.5. The van der Waals surface area contributed by atoms with Crippen molar-refractivity contribution in [1.82, 2.24) is 15.2 Å². The number of alkyl halides is 3. The van der Waals surface area contributed by atoms with Gasteiger partial charge in [0, 0.05) is 19.9 Å². The van der Waals surface area contributed by atoms with Gasteiger partial charge in [0.2, 0.25) is 11.8 Å². The van der Waals surface area contributed by atoms with Gasteiger partial charge in [0.25, 0.3) is 0 Å². The number of nitrogens with one attached hydrogen (secondary N) is 1. The predicted octanol–water partition coefficient (Wildman–Crippen LogP) is 1.31. The number of carbonyl (C=O) groups excluding carboxylic acids is 1. The van der Waals surface area contributed by atoms with E-state index in [9.17, 15) is 18.0 Å². The zero-order chi connectivity index (χ0) is 17.7. The Morgan fingerprint density at radius 1 is 1.50 bits per heavy atom. The van der Waals surface area contributed by atoms with Crippen LogP contribution in [0.2, 0.25) is 0 Å². The molecular formula is C15H20F3N3O3. The summed E-state index contributed by atoms with van der Waals surface area (Å²) in [6, 6.07) is 1.79. The number of carbonyl (C=O) groups is 1. The molecule has 1 N–H and O–H groups in total. The molecule has 0 radical (unpaired) electrons. The van der Waals surface area contributed by atoms with E-state index in [0.29, 0.717) is 13.0 Å². The van der Waals surface area contributed by atoms with Gasteiger partial charge in [-0.15, -0.1) is 0 Å². The minimum absolute atomic E-state index is 0.00450. The number of ether oxygens (including phenoxy) is 2. The molecule has 0 aromatic carbocycles. The van der Waals surface area contributed by atoms with E-state index in [1.54, 1.807) is 7.11 Å². The summed E-state index contributed by atoms with van der Waals surface area (Å²) >= 11 is 0. The van der Waals surface area contributed by atoms with Crippen LogP contribution in [-0.2, 0) is 15.7 Å². The number of methoxy groups -OCH3 is 1. The Morgan fingerprint density at radius 2 is 2.25 bits per heavy atom. The molecular weight excluding hydrogens is 327 g/mol. The average molecular weight is 347 g/mol. The highest BCUT2D eigenvalue weighted by molar-refractivity contribution is 5.82. The van der Waals surface area contributed by atoms with Gasteiger partial charge in [-0.3, -0.25) is 9.69 Å². The first-order valence-electron chi connectivity index (χ1n) is 7.48. The normalized spacial score (nSPS) is 21.7. The maximum absolute atomic E-state index is 12.8. The fraction of sp³-hybridized carbons (Fsp3) is 0.600. The second kappa shape index (κ2) is 7.80. The van der Waals surface area contributed by atoms with Crippen molar-refractivity contribution >= 4 is 5.91 Å². The first-order chi connectivity index (χ1) is 11.3. The molecule has 2 atom stereocenters. The third-order valence-corrected chi connectivity index (χ3v) is 3.86. The van der Waals surface area contributed by atoms with Crippen molar-refractivity contribution in [1.29, 1.82) is 0 Å². The number of likely N-dealkylation sites (tertiary alicyclic amines) is 1. The van der Waals surface area contributed by atoms with Crippen molar-refractivity contribution in [3.63, 3.8) is 0 Å². The van der Waals surface area contributed by atoms with E-state index in [1.165, 1.54) is 12.3 Å². The summed E-state index contributed by atoms with van der Waals surface area (Å²) in [4.78, 5) is 17.6. The molecule has 134 valence electrons. The number of hydrogen-bond acceptors (Lipinski definition) is 5. The monoisotopic (exact) mass is 347 g/mol. The van der Waals surface area contributed by atoms with Crippen LogP contribution in [0.3, 0.4) is 0 Å². The molecule has 1 aliphatic rings. The number of rotatable bonds is 6. The summed E-state index contributed by atoms with van der Waals surface area (Å²) in [5, 5.41) is 2.66. The zero-order valence-electron chi connectivity index (χ0n) is 13.5. The van der Waals surface area contributed by atoms with Crippen molar-refractivity contribution in [2.75, 3.05) is 33.9 Å². The van der Waals surface area contributed by atoms with Crippen molar-refractivity contribution in [3.8, 4) is 5.88 Å². The van der Waals surface area contributed by atoms with E-state index in [4.69, 9.17) is 9.47 Å². The van der Waals surface area contributed by atoms with Crippen LogP contribution < -0.4 is 10.1 Å². The lowest BCUT2D eigenvalue weighted by Gasteiger charge is -2.18. The predicted molar refractivity (Wildman–Crippen MR) is 79.6 cm³/mol. The molecule has 2 heterocycles. The molecule has 0 saturated carbocycles. The molecule has 1 saturated heterocycles. The highest BCUT2D eigenvalue weighted by Crippen LogP contribution is 2.34. The van der Waals surface area contributed by atoms with E-state index in [0.717, 1.165) is 6.07 Å². The molecule has 6 nitrogen and oxygen atoms in total. The van der Waals surface area contributed by atoms with Gasteiger partial charge in [-0.25, -0.2) is 4.98 Å². The van der Waals surface area contributed by atoms with Gasteiger partial charge in [0.1, 0.15) is 12.2 Å². The molecule has 0 aliphatic carbocycles. The average Bonchev–Trinajstić information content (AvgIpc) is 2.92. The highest BCUT2D eigenvalue weighted by atomic mass is 19.4. The van der Waals surface area contributed by atoms with Crippen molar-refractivity contribution in [3.05, 3.63) is 23.9 Å².